The second kappa shape index (κ2) is 19.2. The van der Waals surface area contributed by atoms with Gasteiger partial charge in [-0.25, -0.2) is 0 Å². The second-order valence-corrected chi connectivity index (χ2v) is 10.0. The zero-order chi connectivity index (χ0) is 29.1. The number of aryl methyl sites for hydroxylation is 4. The van der Waals surface area contributed by atoms with E-state index in [9.17, 15) is 9.59 Å². The number of nitrogens with one attached hydrogen (secondary N) is 2. The number of hydrogen-bond acceptors (Lipinski definition) is 2. The number of nitrogens with zero attached hydrogens (tertiary/aromatic N) is 2. The molecule has 214 valence electrons. The SMILES string of the molecule is CC[C@@H](C(=O)Nc1c(C)cccc1C)[n+]1ccccc1.CC[C@H](C(=O)Nc1c(C)cccc1C)[n+]1ccccc1.[Y].[Y]. The van der Waals surface area contributed by atoms with E-state index in [-0.39, 0.29) is 89.3 Å². The number of aromatic nitrogens is 2. The Bertz CT molecular complexity index is 1270. The van der Waals surface area contributed by atoms with E-state index in [0.717, 1.165) is 46.5 Å². The molecular formula is C34H42N4O2Y2+2. The molecule has 2 radical (unpaired) electrons. The molecule has 0 spiro atoms. The number of pyridine rings is 2. The molecule has 0 aliphatic heterocycles. The standard InChI is InChI=1S/2C17H20N2O.2Y/c2*1-4-15(19-11-6-5-7-12-19)17(20)18-16-13(2)9-8-10-14(16)3;;/h2*5-12,15H,4H2,1-3H3;;/p+2/t2*15-;;/m10../s1. The first-order valence-electron chi connectivity index (χ1n) is 13.9. The molecule has 0 saturated heterocycles. The Kier molecular flexibility index (Phi) is 17.4. The first-order valence-corrected chi connectivity index (χ1v) is 13.9. The number of para-hydroxylation sites is 2. The van der Waals surface area contributed by atoms with Gasteiger partial charge in [-0.1, -0.05) is 62.4 Å². The van der Waals surface area contributed by atoms with Crippen molar-refractivity contribution < 1.29 is 84.1 Å². The minimum atomic E-state index is -0.185. The molecule has 2 N–H and O–H groups in total. The third kappa shape index (κ3) is 10.6. The average Bonchev–Trinajstić information content (AvgIpc) is 2.95. The molecule has 0 fully saturated rings. The smallest absolute Gasteiger partial charge is 0.293 e. The minimum Gasteiger partial charge on any atom is -0.320 e. The maximum atomic E-state index is 12.5. The molecule has 2 aromatic carbocycles. The quantitative estimate of drug-likeness (QED) is 0.209. The number of benzene rings is 2. The minimum absolute atomic E-state index is 0. The van der Waals surface area contributed by atoms with E-state index in [1.807, 2.05) is 148 Å². The maximum absolute atomic E-state index is 12.5. The van der Waals surface area contributed by atoms with Crippen molar-refractivity contribution in [3.05, 3.63) is 120 Å². The Morgan fingerprint density at radius 3 is 1.10 bits per heavy atom. The molecule has 2 aromatic heterocycles. The zero-order valence-electron chi connectivity index (χ0n) is 25.7. The van der Waals surface area contributed by atoms with Crippen LogP contribution in [0.1, 0.15) is 61.0 Å². The van der Waals surface area contributed by atoms with Crippen molar-refractivity contribution in [1.29, 1.82) is 0 Å². The summed E-state index contributed by atoms with van der Waals surface area (Å²) in [5.74, 6) is 0.0576. The summed E-state index contributed by atoms with van der Waals surface area (Å²) in [6.45, 7) is 12.1. The molecule has 2 atom stereocenters. The molecule has 0 saturated carbocycles. The Balaban J connectivity index is 0.000000401. The van der Waals surface area contributed by atoms with Gasteiger partial charge in [-0.2, -0.15) is 9.13 Å². The van der Waals surface area contributed by atoms with E-state index >= 15 is 0 Å². The van der Waals surface area contributed by atoms with Crippen molar-refractivity contribution in [2.24, 2.45) is 0 Å². The van der Waals surface area contributed by atoms with Crippen molar-refractivity contribution >= 4 is 23.2 Å². The number of rotatable bonds is 8. The monoisotopic (exact) mass is 716 g/mol. The molecule has 0 unspecified atom stereocenters. The zero-order valence-corrected chi connectivity index (χ0v) is 31.3. The van der Waals surface area contributed by atoms with E-state index < -0.39 is 0 Å². The van der Waals surface area contributed by atoms with Crippen molar-refractivity contribution in [2.75, 3.05) is 10.6 Å². The summed E-state index contributed by atoms with van der Waals surface area (Å²) in [6.07, 6.45) is 9.23. The Labute approximate surface area is 301 Å². The molecule has 42 heavy (non-hydrogen) atoms. The summed E-state index contributed by atoms with van der Waals surface area (Å²) < 4.78 is 3.89. The molecule has 4 rings (SSSR count). The third-order valence-corrected chi connectivity index (χ3v) is 7.03. The van der Waals surface area contributed by atoms with Gasteiger partial charge in [0.1, 0.15) is 0 Å². The summed E-state index contributed by atoms with van der Waals surface area (Å²) in [5.41, 5.74) is 6.20. The van der Waals surface area contributed by atoms with Gasteiger partial charge in [0.25, 0.3) is 11.8 Å². The van der Waals surface area contributed by atoms with Gasteiger partial charge in [-0.3, -0.25) is 9.59 Å². The topological polar surface area (TPSA) is 66.0 Å². The third-order valence-electron chi connectivity index (χ3n) is 7.03. The van der Waals surface area contributed by atoms with Crippen LogP contribution in [-0.2, 0) is 75.0 Å². The average molecular weight is 717 g/mol. The Morgan fingerprint density at radius 1 is 0.548 bits per heavy atom. The molecule has 0 aliphatic carbocycles. The van der Waals surface area contributed by atoms with Crippen molar-refractivity contribution in [1.82, 2.24) is 0 Å². The molecule has 2 amide bonds. The van der Waals surface area contributed by atoms with Crippen molar-refractivity contribution in [3.63, 3.8) is 0 Å². The molecule has 4 aromatic rings. The van der Waals surface area contributed by atoms with Gasteiger partial charge in [-0.05, 0) is 49.9 Å². The summed E-state index contributed by atoms with van der Waals surface area (Å²) in [6, 6.07) is 23.3. The fraction of sp³-hybridized carbons (Fsp3) is 0.294. The van der Waals surface area contributed by atoms with Crippen LogP contribution in [0.5, 0.6) is 0 Å². The van der Waals surface area contributed by atoms with E-state index in [0.29, 0.717) is 0 Å². The van der Waals surface area contributed by atoms with Crippen molar-refractivity contribution in [3.8, 4) is 0 Å². The van der Waals surface area contributed by atoms with Crippen LogP contribution in [0.15, 0.2) is 97.6 Å². The van der Waals surface area contributed by atoms with E-state index in [1.54, 1.807) is 0 Å². The first-order chi connectivity index (χ1) is 19.3. The second-order valence-electron chi connectivity index (χ2n) is 10.0. The largest absolute Gasteiger partial charge is 0.320 e. The fourth-order valence-corrected chi connectivity index (χ4v) is 4.74. The number of carbonyl (C=O) groups is 2. The number of carbonyl (C=O) groups excluding carboxylic acids is 2. The summed E-state index contributed by atoms with van der Waals surface area (Å²) in [4.78, 5) is 25.0. The van der Waals surface area contributed by atoms with Crippen LogP contribution in [-0.4, -0.2) is 11.8 Å². The summed E-state index contributed by atoms with van der Waals surface area (Å²) in [5, 5.41) is 6.14. The van der Waals surface area contributed by atoms with E-state index in [2.05, 4.69) is 10.6 Å². The van der Waals surface area contributed by atoms with Gasteiger partial charge < -0.3 is 10.6 Å². The van der Waals surface area contributed by atoms with Crippen molar-refractivity contribution in [2.45, 2.75) is 66.5 Å². The number of hydrogen-bond donors (Lipinski definition) is 2. The maximum Gasteiger partial charge on any atom is 0.293 e. The molecule has 0 bridgehead atoms. The van der Waals surface area contributed by atoms with Gasteiger partial charge in [0, 0.05) is 114 Å². The molecule has 6 nitrogen and oxygen atoms in total. The van der Waals surface area contributed by atoms with Gasteiger partial charge >= 0.3 is 0 Å². The van der Waals surface area contributed by atoms with Gasteiger partial charge in [0.15, 0.2) is 24.8 Å². The fourth-order valence-electron chi connectivity index (χ4n) is 4.74. The number of anilines is 2. The van der Waals surface area contributed by atoms with Gasteiger partial charge in [0.05, 0.1) is 0 Å². The van der Waals surface area contributed by atoms with Crippen LogP contribution >= 0.6 is 0 Å². The van der Waals surface area contributed by atoms with Gasteiger partial charge in [-0.15, -0.1) is 0 Å². The molecule has 2 heterocycles. The molecular weight excluding hydrogens is 674 g/mol. The summed E-state index contributed by atoms with van der Waals surface area (Å²) in [7, 11) is 0. The van der Waals surface area contributed by atoms with Crippen LogP contribution in [0, 0.1) is 27.7 Å². The molecule has 0 aliphatic rings. The predicted molar refractivity (Wildman–Crippen MR) is 161 cm³/mol. The number of amides is 2. The van der Waals surface area contributed by atoms with Crippen LogP contribution in [0.2, 0.25) is 0 Å². The Hall–Kier alpha value is -2.11. The van der Waals surface area contributed by atoms with E-state index in [1.165, 1.54) is 0 Å². The van der Waals surface area contributed by atoms with E-state index in [4.69, 9.17) is 0 Å². The molecule has 8 heteroatoms. The normalized spacial score (nSPS) is 11.4. The van der Waals surface area contributed by atoms with Crippen LogP contribution < -0.4 is 19.8 Å². The van der Waals surface area contributed by atoms with Gasteiger partial charge in [0.2, 0.25) is 12.1 Å². The van der Waals surface area contributed by atoms with Crippen LogP contribution in [0.4, 0.5) is 11.4 Å². The Morgan fingerprint density at radius 2 is 0.833 bits per heavy atom. The predicted octanol–water partition coefficient (Wildman–Crippen LogP) is 6.36. The first kappa shape index (κ1) is 37.9. The summed E-state index contributed by atoms with van der Waals surface area (Å²) >= 11 is 0. The van der Waals surface area contributed by atoms with Crippen LogP contribution in [0.3, 0.4) is 0 Å². The van der Waals surface area contributed by atoms with Crippen LogP contribution in [0.25, 0.3) is 0 Å².